The van der Waals surface area contributed by atoms with Crippen LogP contribution in [0.25, 0.3) is 6.08 Å². The van der Waals surface area contributed by atoms with E-state index in [4.69, 9.17) is 21.1 Å². The van der Waals surface area contributed by atoms with Crippen LogP contribution in [0.4, 0.5) is 5.69 Å². The Labute approximate surface area is 194 Å². The first-order valence-electron chi connectivity index (χ1n) is 9.42. The molecule has 2 N–H and O–H groups in total. The monoisotopic (exact) mass is 473 g/mol. The summed E-state index contributed by atoms with van der Waals surface area (Å²) >= 11 is 7.40. The molecule has 1 aliphatic heterocycles. The minimum Gasteiger partial charge on any atom is -0.493 e. The Morgan fingerprint density at radius 2 is 2.00 bits per heavy atom. The van der Waals surface area contributed by atoms with E-state index in [2.05, 4.69) is 15.6 Å². The number of hydrogen-bond acceptors (Lipinski definition) is 6. The van der Waals surface area contributed by atoms with Gasteiger partial charge in [-0.2, -0.15) is 4.99 Å². The molecule has 3 amide bonds. The van der Waals surface area contributed by atoms with Gasteiger partial charge in [-0.25, -0.2) is 0 Å². The molecule has 0 unspecified atom stereocenters. The number of carbonyl (C=O) groups excluding carboxylic acids is 3. The molecule has 32 heavy (non-hydrogen) atoms. The zero-order valence-corrected chi connectivity index (χ0v) is 19.1. The van der Waals surface area contributed by atoms with Crippen molar-refractivity contribution in [3.8, 4) is 11.5 Å². The van der Waals surface area contributed by atoms with Gasteiger partial charge >= 0.3 is 0 Å². The van der Waals surface area contributed by atoms with E-state index in [-0.39, 0.29) is 34.4 Å². The summed E-state index contributed by atoms with van der Waals surface area (Å²) < 4.78 is 10.9. The molecule has 0 saturated heterocycles. The largest absolute Gasteiger partial charge is 0.493 e. The van der Waals surface area contributed by atoms with E-state index in [0.29, 0.717) is 21.9 Å². The molecular formula is C22H20ClN3O5S. The lowest BCUT2D eigenvalue weighted by Gasteiger charge is -2.13. The van der Waals surface area contributed by atoms with Gasteiger partial charge in [-0.15, -0.1) is 0 Å². The summed E-state index contributed by atoms with van der Waals surface area (Å²) in [5.41, 5.74) is 2.25. The first kappa shape index (κ1) is 23.4. The molecule has 1 aliphatic rings. The van der Waals surface area contributed by atoms with Gasteiger partial charge in [0.25, 0.3) is 11.8 Å². The number of nitrogens with one attached hydrogen (secondary N) is 2. The van der Waals surface area contributed by atoms with E-state index >= 15 is 0 Å². The van der Waals surface area contributed by atoms with E-state index in [1.54, 1.807) is 24.3 Å². The molecule has 0 fully saturated rings. The van der Waals surface area contributed by atoms with Gasteiger partial charge < -0.3 is 20.1 Å². The number of ether oxygens (including phenoxy) is 2. The van der Waals surface area contributed by atoms with Crippen LogP contribution in [0, 0.1) is 6.92 Å². The number of aliphatic imine (C=N–C) groups is 1. The fourth-order valence-electron chi connectivity index (χ4n) is 2.79. The second-order valence-corrected chi connectivity index (χ2v) is 8.19. The number of methoxy groups -OCH3 is 1. The zero-order chi connectivity index (χ0) is 23.3. The molecule has 0 spiro atoms. The van der Waals surface area contributed by atoms with Gasteiger partial charge in [0.1, 0.15) is 0 Å². The third kappa shape index (κ3) is 6.12. The Morgan fingerprint density at radius 1 is 1.22 bits per heavy atom. The average molecular weight is 474 g/mol. The number of rotatable bonds is 6. The van der Waals surface area contributed by atoms with Crippen LogP contribution in [-0.4, -0.2) is 36.6 Å². The van der Waals surface area contributed by atoms with Crippen LogP contribution < -0.4 is 20.1 Å². The van der Waals surface area contributed by atoms with Crippen molar-refractivity contribution in [3.63, 3.8) is 0 Å². The third-order valence-corrected chi connectivity index (χ3v) is 5.28. The van der Waals surface area contributed by atoms with Crippen molar-refractivity contribution < 1.29 is 23.9 Å². The maximum absolute atomic E-state index is 12.2. The summed E-state index contributed by atoms with van der Waals surface area (Å²) in [6, 6.07) is 10.6. The molecule has 0 aliphatic carbocycles. The number of aryl methyl sites for hydroxylation is 1. The fraction of sp³-hybridized carbons (Fsp3) is 0.182. The number of anilines is 1. The Hall–Kier alpha value is -3.30. The lowest BCUT2D eigenvalue weighted by Crippen LogP contribution is -2.23. The van der Waals surface area contributed by atoms with Crippen molar-refractivity contribution in [2.75, 3.05) is 19.0 Å². The van der Waals surface area contributed by atoms with Crippen molar-refractivity contribution in [2.24, 2.45) is 4.99 Å². The number of thioether (sulfide) groups is 1. The average Bonchev–Trinajstić information content (AvgIpc) is 3.04. The summed E-state index contributed by atoms with van der Waals surface area (Å²) in [5, 5.41) is 5.65. The molecule has 8 nitrogen and oxygen atoms in total. The lowest BCUT2D eigenvalue weighted by molar-refractivity contribution is -0.118. The smallest absolute Gasteiger partial charge is 0.286 e. The summed E-state index contributed by atoms with van der Waals surface area (Å²) in [4.78, 5) is 39.6. The van der Waals surface area contributed by atoms with Crippen LogP contribution in [0.2, 0.25) is 5.02 Å². The van der Waals surface area contributed by atoms with Crippen LogP contribution in [0.1, 0.15) is 18.1 Å². The second kappa shape index (κ2) is 10.3. The van der Waals surface area contributed by atoms with E-state index in [0.717, 1.165) is 17.3 Å². The number of amides is 3. The number of amidine groups is 1. The number of nitrogens with zero attached hydrogens (tertiary/aromatic N) is 1. The molecule has 1 heterocycles. The first-order chi connectivity index (χ1) is 15.2. The highest BCUT2D eigenvalue weighted by molar-refractivity contribution is 8.18. The second-order valence-electron chi connectivity index (χ2n) is 6.75. The van der Waals surface area contributed by atoms with Gasteiger partial charge in [0.2, 0.25) is 5.91 Å². The van der Waals surface area contributed by atoms with E-state index in [1.165, 1.54) is 14.0 Å². The molecule has 2 aromatic carbocycles. The summed E-state index contributed by atoms with van der Waals surface area (Å²) in [6.07, 6.45) is 1.58. The highest BCUT2D eigenvalue weighted by atomic mass is 35.5. The number of benzene rings is 2. The van der Waals surface area contributed by atoms with Crippen molar-refractivity contribution in [2.45, 2.75) is 13.8 Å². The van der Waals surface area contributed by atoms with Crippen molar-refractivity contribution in [3.05, 3.63) is 57.5 Å². The lowest BCUT2D eigenvalue weighted by atomic mass is 10.2. The Morgan fingerprint density at radius 3 is 2.69 bits per heavy atom. The predicted molar refractivity (Wildman–Crippen MR) is 125 cm³/mol. The van der Waals surface area contributed by atoms with Gasteiger partial charge in [0, 0.05) is 12.6 Å². The van der Waals surface area contributed by atoms with Crippen molar-refractivity contribution in [1.29, 1.82) is 0 Å². The van der Waals surface area contributed by atoms with Crippen LogP contribution in [-0.2, 0) is 14.4 Å². The number of carbonyl (C=O) groups is 3. The molecule has 166 valence electrons. The van der Waals surface area contributed by atoms with Gasteiger partial charge in [-0.1, -0.05) is 23.7 Å². The van der Waals surface area contributed by atoms with Crippen molar-refractivity contribution in [1.82, 2.24) is 5.32 Å². The Kier molecular flexibility index (Phi) is 7.55. The van der Waals surface area contributed by atoms with Crippen LogP contribution >= 0.6 is 23.4 Å². The maximum atomic E-state index is 12.2. The standard InChI is InChI=1S/C22H20ClN3O5S/c1-12-5-4-6-15(7-12)25-19(28)11-31-20-16(23)8-14(9-17(20)30-3)10-18-21(29)26-22(32-18)24-13(2)27/h4-10H,11H2,1-3H3,(H,25,28)(H,24,26,27,29). The van der Waals surface area contributed by atoms with Gasteiger partial charge in [0.15, 0.2) is 23.3 Å². The van der Waals surface area contributed by atoms with Crippen LogP contribution in [0.5, 0.6) is 11.5 Å². The molecular weight excluding hydrogens is 454 g/mol. The minimum absolute atomic E-state index is 0.205. The zero-order valence-electron chi connectivity index (χ0n) is 17.5. The topological polar surface area (TPSA) is 106 Å². The highest BCUT2D eigenvalue weighted by Gasteiger charge is 2.23. The maximum Gasteiger partial charge on any atom is 0.286 e. The Balaban J connectivity index is 1.71. The molecule has 0 aromatic heterocycles. The molecule has 2 aromatic rings. The predicted octanol–water partition coefficient (Wildman–Crippen LogP) is 3.78. The normalized spacial score (nSPS) is 14.2. The van der Waals surface area contributed by atoms with Gasteiger partial charge in [-0.3, -0.25) is 14.4 Å². The molecule has 0 atom stereocenters. The van der Waals surface area contributed by atoms with E-state index in [1.807, 2.05) is 25.1 Å². The van der Waals surface area contributed by atoms with Crippen LogP contribution in [0.15, 0.2) is 46.3 Å². The van der Waals surface area contributed by atoms with Crippen LogP contribution in [0.3, 0.4) is 0 Å². The molecule has 0 bridgehead atoms. The fourth-order valence-corrected chi connectivity index (χ4v) is 3.92. The molecule has 3 rings (SSSR count). The molecule has 0 saturated carbocycles. The highest BCUT2D eigenvalue weighted by Crippen LogP contribution is 2.38. The summed E-state index contributed by atoms with van der Waals surface area (Å²) in [7, 11) is 1.44. The van der Waals surface area contributed by atoms with Gasteiger partial charge in [0.05, 0.1) is 17.0 Å². The SMILES string of the molecule is COc1cc(C=C2SC(NC(C)=O)=NC2=O)cc(Cl)c1OCC(=O)Nc1cccc(C)c1. The van der Waals surface area contributed by atoms with Crippen molar-refractivity contribution >= 4 is 58.0 Å². The summed E-state index contributed by atoms with van der Waals surface area (Å²) in [5.74, 6) is -0.636. The van der Waals surface area contributed by atoms with E-state index in [9.17, 15) is 14.4 Å². The molecule has 0 radical (unpaired) electrons. The number of hydrogen-bond donors (Lipinski definition) is 2. The third-order valence-electron chi connectivity index (χ3n) is 4.10. The first-order valence-corrected chi connectivity index (χ1v) is 10.6. The summed E-state index contributed by atoms with van der Waals surface area (Å²) in [6.45, 7) is 2.99. The number of halogens is 1. The Bertz CT molecular complexity index is 1150. The molecule has 10 heteroatoms. The van der Waals surface area contributed by atoms with E-state index < -0.39 is 5.91 Å². The minimum atomic E-state index is -0.470. The quantitative estimate of drug-likeness (QED) is 0.618. The van der Waals surface area contributed by atoms with Gasteiger partial charge in [-0.05, 0) is 60.2 Å².